The Hall–Kier alpha value is -2.01. The number of halogens is 3. The Morgan fingerprint density at radius 1 is 1.38 bits per heavy atom. The minimum Gasteiger partial charge on any atom is -0.376 e. The van der Waals surface area contributed by atoms with Gasteiger partial charge in [-0.3, -0.25) is 0 Å². The van der Waals surface area contributed by atoms with Gasteiger partial charge in [0.2, 0.25) is 0 Å². The third-order valence-electron chi connectivity index (χ3n) is 3.50. The number of nitriles is 1. The number of allylic oxidation sites excluding steroid dienone is 1. The lowest BCUT2D eigenvalue weighted by molar-refractivity contribution is -0.0500. The zero-order valence-corrected chi connectivity index (χ0v) is 14.0. The van der Waals surface area contributed by atoms with Crippen molar-refractivity contribution in [3.8, 4) is 11.8 Å². The van der Waals surface area contributed by atoms with E-state index in [-0.39, 0.29) is 5.56 Å². The van der Waals surface area contributed by atoms with E-state index in [2.05, 4.69) is 10.8 Å². The Balaban J connectivity index is 3.01. The average molecular weight is 361 g/mol. The van der Waals surface area contributed by atoms with Crippen LogP contribution in [0.1, 0.15) is 37.3 Å². The van der Waals surface area contributed by atoms with Gasteiger partial charge in [0.15, 0.2) is 0 Å². The smallest absolute Gasteiger partial charge is 0.376 e. The van der Waals surface area contributed by atoms with Crippen LogP contribution in [0.3, 0.4) is 0 Å². The minimum atomic E-state index is -5.76. The molecule has 24 heavy (non-hydrogen) atoms. The van der Waals surface area contributed by atoms with Gasteiger partial charge in [0, 0.05) is 0 Å². The Morgan fingerprint density at radius 2 is 2.04 bits per heavy atom. The summed E-state index contributed by atoms with van der Waals surface area (Å²) in [5.74, 6) is -0.158. The number of hydrogen-bond acceptors (Lipinski definition) is 4. The van der Waals surface area contributed by atoms with Crippen molar-refractivity contribution < 1.29 is 25.8 Å². The molecule has 4 nitrogen and oxygen atoms in total. The number of hydrogen-bond donors (Lipinski definition) is 0. The first-order valence-electron chi connectivity index (χ1n) is 7.28. The van der Waals surface area contributed by atoms with Crippen molar-refractivity contribution in [3.63, 3.8) is 0 Å². The van der Waals surface area contributed by atoms with Crippen LogP contribution in [-0.2, 0) is 16.5 Å². The molecule has 1 atom stereocenters. The lowest BCUT2D eigenvalue weighted by atomic mass is 9.94. The summed E-state index contributed by atoms with van der Waals surface area (Å²) in [5.41, 5.74) is -4.94. The molecule has 0 spiro atoms. The molecule has 0 saturated carbocycles. The van der Waals surface area contributed by atoms with Gasteiger partial charge in [-0.25, -0.2) is 0 Å². The van der Waals surface area contributed by atoms with Crippen LogP contribution in [0.15, 0.2) is 30.9 Å². The first-order valence-corrected chi connectivity index (χ1v) is 8.69. The third-order valence-corrected chi connectivity index (χ3v) is 4.48. The second kappa shape index (κ2) is 8.20. The van der Waals surface area contributed by atoms with Crippen molar-refractivity contribution in [1.29, 1.82) is 5.26 Å². The van der Waals surface area contributed by atoms with Crippen molar-refractivity contribution in [2.24, 2.45) is 5.92 Å². The van der Waals surface area contributed by atoms with E-state index in [9.17, 15) is 21.6 Å². The third kappa shape index (κ3) is 5.57. The van der Waals surface area contributed by atoms with Crippen molar-refractivity contribution in [1.82, 2.24) is 0 Å². The lowest BCUT2D eigenvalue weighted by Gasteiger charge is -2.14. The minimum absolute atomic E-state index is 0.0386. The van der Waals surface area contributed by atoms with E-state index in [1.807, 2.05) is 6.92 Å². The van der Waals surface area contributed by atoms with Crippen LogP contribution in [0.2, 0.25) is 0 Å². The van der Waals surface area contributed by atoms with Crippen molar-refractivity contribution in [3.05, 3.63) is 42.0 Å². The number of benzene rings is 1. The van der Waals surface area contributed by atoms with Gasteiger partial charge < -0.3 is 4.18 Å². The summed E-state index contributed by atoms with van der Waals surface area (Å²) < 4.78 is 63.5. The summed E-state index contributed by atoms with van der Waals surface area (Å²) in [6, 6.07) is 5.47. The molecular formula is C16H18F3NO3S. The average Bonchev–Trinajstić information content (AvgIpc) is 2.49. The summed E-state index contributed by atoms with van der Waals surface area (Å²) in [6.07, 6.45) is 4.74. The predicted octanol–water partition coefficient (Wildman–Crippen LogP) is 4.32. The molecule has 0 radical (unpaired) electrons. The zero-order chi connectivity index (χ0) is 18.4. The van der Waals surface area contributed by atoms with Gasteiger partial charge in [0.05, 0.1) is 11.6 Å². The van der Waals surface area contributed by atoms with Crippen LogP contribution in [0.5, 0.6) is 5.75 Å². The van der Waals surface area contributed by atoms with E-state index in [4.69, 9.17) is 5.26 Å². The largest absolute Gasteiger partial charge is 0.534 e. The van der Waals surface area contributed by atoms with Gasteiger partial charge in [-0.1, -0.05) is 19.4 Å². The molecule has 132 valence electrons. The molecule has 0 amide bonds. The fraction of sp³-hybridized carbons (Fsp3) is 0.438. The normalized spacial score (nSPS) is 13.1. The summed E-state index contributed by atoms with van der Waals surface area (Å²) >= 11 is 0. The van der Waals surface area contributed by atoms with E-state index < -0.39 is 21.4 Å². The van der Waals surface area contributed by atoms with Crippen LogP contribution in [0.4, 0.5) is 13.2 Å². The second-order valence-corrected chi connectivity index (χ2v) is 6.84. The molecule has 0 saturated heterocycles. The van der Waals surface area contributed by atoms with Gasteiger partial charge in [-0.05, 0) is 48.9 Å². The highest BCUT2D eigenvalue weighted by atomic mass is 32.2. The first-order chi connectivity index (χ1) is 11.1. The highest BCUT2D eigenvalue weighted by molar-refractivity contribution is 7.88. The number of alkyl halides is 3. The maximum Gasteiger partial charge on any atom is 0.534 e. The molecule has 0 aliphatic heterocycles. The first kappa shape index (κ1) is 20.0. The molecule has 0 heterocycles. The summed E-state index contributed by atoms with van der Waals surface area (Å²) in [7, 11) is -5.76. The zero-order valence-electron chi connectivity index (χ0n) is 13.1. The Morgan fingerprint density at radius 3 is 2.54 bits per heavy atom. The molecule has 0 aliphatic carbocycles. The molecule has 0 aliphatic rings. The number of rotatable bonds is 8. The number of aryl methyl sites for hydroxylation is 1. The van der Waals surface area contributed by atoms with Gasteiger partial charge in [0.1, 0.15) is 5.75 Å². The molecule has 8 heteroatoms. The topological polar surface area (TPSA) is 67.2 Å². The summed E-state index contributed by atoms with van der Waals surface area (Å²) in [4.78, 5) is 0. The Bertz CT molecular complexity index is 721. The van der Waals surface area contributed by atoms with Crippen molar-refractivity contribution in [2.45, 2.75) is 38.1 Å². The van der Waals surface area contributed by atoms with E-state index in [0.29, 0.717) is 17.9 Å². The van der Waals surface area contributed by atoms with Crippen LogP contribution in [0, 0.1) is 17.2 Å². The molecule has 1 unspecified atom stereocenters. The van der Waals surface area contributed by atoms with Gasteiger partial charge in [-0.2, -0.15) is 26.9 Å². The molecule has 0 aromatic heterocycles. The number of nitrogens with zero attached hydrogens (tertiary/aromatic N) is 1. The SMILES string of the molecule is C=CCC(CC)CCc1cc(C#N)cc(OS(=O)(=O)C(F)(F)F)c1. The van der Waals surface area contributed by atoms with E-state index >= 15 is 0 Å². The highest BCUT2D eigenvalue weighted by Crippen LogP contribution is 2.28. The molecule has 1 aromatic carbocycles. The predicted molar refractivity (Wildman–Crippen MR) is 83.7 cm³/mol. The maximum atomic E-state index is 12.4. The van der Waals surface area contributed by atoms with Crippen LogP contribution in [0.25, 0.3) is 0 Å². The van der Waals surface area contributed by atoms with E-state index in [1.54, 1.807) is 12.1 Å². The lowest BCUT2D eigenvalue weighted by Crippen LogP contribution is -2.28. The van der Waals surface area contributed by atoms with E-state index in [0.717, 1.165) is 25.3 Å². The Kier molecular flexibility index (Phi) is 6.84. The summed E-state index contributed by atoms with van der Waals surface area (Å²) in [5, 5.41) is 8.96. The fourth-order valence-electron chi connectivity index (χ4n) is 2.19. The van der Waals surface area contributed by atoms with Gasteiger partial charge in [0.25, 0.3) is 0 Å². The molecule has 0 fully saturated rings. The standard InChI is InChI=1S/C16H18F3NO3S/c1-3-5-12(4-2)6-7-13-8-14(11-20)10-15(9-13)23-24(21,22)16(17,18)19/h3,8-10,12H,1,4-7H2,2H3. The maximum absolute atomic E-state index is 12.4. The van der Waals surface area contributed by atoms with Crippen molar-refractivity contribution in [2.75, 3.05) is 0 Å². The van der Waals surface area contributed by atoms with Crippen molar-refractivity contribution >= 4 is 10.1 Å². The molecule has 1 aromatic rings. The highest BCUT2D eigenvalue weighted by Gasteiger charge is 2.48. The molecule has 0 N–H and O–H groups in total. The second-order valence-electron chi connectivity index (χ2n) is 5.30. The quantitative estimate of drug-likeness (QED) is 0.393. The van der Waals surface area contributed by atoms with Gasteiger partial charge in [-0.15, -0.1) is 6.58 Å². The van der Waals surface area contributed by atoms with E-state index in [1.165, 1.54) is 12.1 Å². The van der Waals surface area contributed by atoms with Crippen LogP contribution < -0.4 is 4.18 Å². The fourth-order valence-corrected chi connectivity index (χ4v) is 2.63. The molecule has 0 bridgehead atoms. The Labute approximate surface area is 139 Å². The molecular weight excluding hydrogens is 343 g/mol. The van der Waals surface area contributed by atoms with Gasteiger partial charge >= 0.3 is 15.6 Å². The molecule has 1 rings (SSSR count). The summed E-state index contributed by atoms with van der Waals surface area (Å²) in [6.45, 7) is 5.69. The monoisotopic (exact) mass is 361 g/mol. The van der Waals surface area contributed by atoms with Crippen LogP contribution in [-0.4, -0.2) is 13.9 Å². The van der Waals surface area contributed by atoms with Crippen LogP contribution >= 0.6 is 0 Å².